The molecule has 0 radical (unpaired) electrons. The molecule has 1 unspecified atom stereocenters. The van der Waals surface area contributed by atoms with E-state index in [-0.39, 0.29) is 0 Å². The maximum absolute atomic E-state index is 4.25. The molecule has 1 rings (SSSR count). The monoisotopic (exact) mass is 170 g/mol. The van der Waals surface area contributed by atoms with Gasteiger partial charge in [0, 0.05) is 17.8 Å². The van der Waals surface area contributed by atoms with Crippen LogP contribution in [0.2, 0.25) is 0 Å². The van der Waals surface area contributed by atoms with Crippen molar-refractivity contribution in [2.45, 2.75) is 19.8 Å². The summed E-state index contributed by atoms with van der Waals surface area (Å²) in [4.78, 5) is 4.25. The van der Waals surface area contributed by atoms with Gasteiger partial charge in [0.1, 0.15) is 0 Å². The second-order valence-corrected chi connectivity index (χ2v) is 3.34. The van der Waals surface area contributed by atoms with Gasteiger partial charge in [-0.2, -0.15) is 0 Å². The van der Waals surface area contributed by atoms with E-state index in [1.807, 2.05) is 5.51 Å². The second-order valence-electron chi connectivity index (χ2n) is 2.62. The molecule has 0 fully saturated rings. The summed E-state index contributed by atoms with van der Waals surface area (Å²) in [5, 5.41) is 5.41. The maximum Gasteiger partial charge on any atom is 0.0794 e. The Bertz CT molecular complexity index is 184. The largest absolute Gasteiger partial charge is 0.316 e. The molecule has 0 aliphatic carbocycles. The number of aromatic nitrogens is 1. The van der Waals surface area contributed by atoms with Crippen molar-refractivity contribution in [2.24, 2.45) is 0 Å². The smallest absolute Gasteiger partial charge is 0.0794 e. The van der Waals surface area contributed by atoms with Crippen molar-refractivity contribution in [1.29, 1.82) is 0 Å². The number of hydrogen-bond acceptors (Lipinski definition) is 3. The molecule has 0 bridgehead atoms. The first kappa shape index (κ1) is 8.68. The Kier molecular flexibility index (Phi) is 3.52. The molecule has 0 saturated heterocycles. The van der Waals surface area contributed by atoms with Gasteiger partial charge in [-0.3, -0.25) is 0 Å². The fraction of sp³-hybridized carbons (Fsp3) is 0.625. The normalized spacial score (nSPS) is 13.3. The molecule has 0 aromatic carbocycles. The molecule has 62 valence electrons. The van der Waals surface area contributed by atoms with Crippen LogP contribution in [0.4, 0.5) is 0 Å². The minimum absolute atomic E-state index is 0.543. The highest BCUT2D eigenvalue weighted by atomic mass is 32.1. The lowest BCUT2D eigenvalue weighted by Crippen LogP contribution is -2.19. The molecule has 1 heterocycles. The van der Waals surface area contributed by atoms with E-state index in [1.54, 1.807) is 11.3 Å². The van der Waals surface area contributed by atoms with Gasteiger partial charge in [0.2, 0.25) is 0 Å². The van der Waals surface area contributed by atoms with Crippen LogP contribution in [0.25, 0.3) is 0 Å². The van der Waals surface area contributed by atoms with Crippen molar-refractivity contribution in [3.05, 3.63) is 16.6 Å². The van der Waals surface area contributed by atoms with Crippen LogP contribution in [0.3, 0.4) is 0 Å². The Hall–Kier alpha value is -0.410. The van der Waals surface area contributed by atoms with Crippen molar-refractivity contribution in [1.82, 2.24) is 10.3 Å². The molecular formula is C8H14N2S. The topological polar surface area (TPSA) is 24.9 Å². The molecule has 0 amide bonds. The summed E-state index contributed by atoms with van der Waals surface area (Å²) in [5.41, 5.74) is 3.09. The van der Waals surface area contributed by atoms with E-state index in [0.29, 0.717) is 5.92 Å². The third kappa shape index (κ3) is 2.60. The van der Waals surface area contributed by atoms with E-state index < -0.39 is 0 Å². The number of nitrogens with one attached hydrogen (secondary N) is 1. The predicted octanol–water partition coefficient (Wildman–Crippen LogP) is 1.86. The Balaban J connectivity index is 2.36. The van der Waals surface area contributed by atoms with Crippen LogP contribution >= 0.6 is 11.3 Å². The first-order chi connectivity index (χ1) is 5.34. The maximum atomic E-state index is 4.25. The van der Waals surface area contributed by atoms with Crippen LogP contribution in [0.5, 0.6) is 0 Å². The molecule has 2 nitrogen and oxygen atoms in total. The lowest BCUT2D eigenvalue weighted by molar-refractivity contribution is 0.625. The molecule has 1 aromatic heterocycles. The van der Waals surface area contributed by atoms with E-state index in [1.165, 1.54) is 5.69 Å². The SMILES string of the molecule is CCNCC(C)c1cscn1. The van der Waals surface area contributed by atoms with Crippen LogP contribution in [0, 0.1) is 0 Å². The van der Waals surface area contributed by atoms with Crippen molar-refractivity contribution < 1.29 is 0 Å². The third-order valence-corrected chi connectivity index (χ3v) is 2.26. The summed E-state index contributed by atoms with van der Waals surface area (Å²) in [6.07, 6.45) is 0. The van der Waals surface area contributed by atoms with E-state index in [0.717, 1.165) is 13.1 Å². The highest BCUT2D eigenvalue weighted by molar-refractivity contribution is 7.07. The summed E-state index contributed by atoms with van der Waals surface area (Å²) in [6.45, 7) is 6.38. The third-order valence-electron chi connectivity index (χ3n) is 1.66. The van der Waals surface area contributed by atoms with Crippen LogP contribution < -0.4 is 5.32 Å². The summed E-state index contributed by atoms with van der Waals surface area (Å²) in [5.74, 6) is 0.543. The van der Waals surface area contributed by atoms with Crippen molar-refractivity contribution in [2.75, 3.05) is 13.1 Å². The van der Waals surface area contributed by atoms with Crippen LogP contribution in [-0.4, -0.2) is 18.1 Å². The van der Waals surface area contributed by atoms with E-state index in [4.69, 9.17) is 0 Å². The number of rotatable bonds is 4. The Morgan fingerprint density at radius 3 is 3.09 bits per heavy atom. The van der Waals surface area contributed by atoms with Gasteiger partial charge in [0.25, 0.3) is 0 Å². The van der Waals surface area contributed by atoms with E-state index in [9.17, 15) is 0 Å². The molecule has 0 saturated carbocycles. The Labute approximate surface area is 71.7 Å². The lowest BCUT2D eigenvalue weighted by atomic mass is 10.1. The first-order valence-electron chi connectivity index (χ1n) is 3.93. The van der Waals surface area contributed by atoms with Crippen LogP contribution in [0.15, 0.2) is 10.9 Å². The Morgan fingerprint density at radius 1 is 1.73 bits per heavy atom. The van der Waals surface area contributed by atoms with Gasteiger partial charge in [-0.1, -0.05) is 13.8 Å². The van der Waals surface area contributed by atoms with Gasteiger partial charge in [-0.15, -0.1) is 11.3 Å². The summed E-state index contributed by atoms with van der Waals surface area (Å²) in [6, 6.07) is 0. The highest BCUT2D eigenvalue weighted by Gasteiger charge is 2.04. The zero-order valence-electron chi connectivity index (χ0n) is 7.00. The standard InChI is InChI=1S/C8H14N2S/c1-3-9-4-7(2)8-5-11-6-10-8/h5-7,9H,3-4H2,1-2H3. The average Bonchev–Trinajstić information content (AvgIpc) is 2.52. The van der Waals surface area contributed by atoms with Crippen molar-refractivity contribution in [3.8, 4) is 0 Å². The minimum atomic E-state index is 0.543. The Morgan fingerprint density at radius 2 is 2.55 bits per heavy atom. The number of thiazole rings is 1. The highest BCUT2D eigenvalue weighted by Crippen LogP contribution is 2.13. The van der Waals surface area contributed by atoms with Gasteiger partial charge in [-0.05, 0) is 6.54 Å². The average molecular weight is 170 g/mol. The number of likely N-dealkylation sites (N-methyl/N-ethyl adjacent to an activating group) is 1. The summed E-state index contributed by atoms with van der Waals surface area (Å²) < 4.78 is 0. The predicted molar refractivity (Wildman–Crippen MR) is 49.1 cm³/mol. The number of hydrogen-bond donors (Lipinski definition) is 1. The van der Waals surface area contributed by atoms with Crippen molar-refractivity contribution >= 4 is 11.3 Å². The van der Waals surface area contributed by atoms with Gasteiger partial charge >= 0.3 is 0 Å². The van der Waals surface area contributed by atoms with Crippen LogP contribution in [0.1, 0.15) is 25.5 Å². The molecule has 1 atom stereocenters. The number of nitrogens with zero attached hydrogens (tertiary/aromatic N) is 1. The summed E-state index contributed by atoms with van der Waals surface area (Å²) in [7, 11) is 0. The lowest BCUT2D eigenvalue weighted by Gasteiger charge is -2.07. The zero-order valence-corrected chi connectivity index (χ0v) is 7.82. The van der Waals surface area contributed by atoms with Gasteiger partial charge in [0.05, 0.1) is 11.2 Å². The molecular weight excluding hydrogens is 156 g/mol. The molecule has 1 N–H and O–H groups in total. The zero-order chi connectivity index (χ0) is 8.10. The minimum Gasteiger partial charge on any atom is -0.316 e. The van der Waals surface area contributed by atoms with E-state index >= 15 is 0 Å². The molecule has 0 spiro atoms. The summed E-state index contributed by atoms with van der Waals surface area (Å²) >= 11 is 1.66. The molecule has 11 heavy (non-hydrogen) atoms. The van der Waals surface area contributed by atoms with Gasteiger partial charge in [-0.25, -0.2) is 4.98 Å². The van der Waals surface area contributed by atoms with Gasteiger partial charge in [0.15, 0.2) is 0 Å². The van der Waals surface area contributed by atoms with Crippen molar-refractivity contribution in [3.63, 3.8) is 0 Å². The fourth-order valence-corrected chi connectivity index (χ4v) is 1.61. The molecule has 1 aromatic rings. The molecule has 0 aliphatic heterocycles. The second kappa shape index (κ2) is 4.46. The van der Waals surface area contributed by atoms with Gasteiger partial charge < -0.3 is 5.32 Å². The quantitative estimate of drug-likeness (QED) is 0.746. The molecule has 3 heteroatoms. The van der Waals surface area contributed by atoms with E-state index in [2.05, 4.69) is 29.5 Å². The molecule has 0 aliphatic rings. The van der Waals surface area contributed by atoms with Crippen LogP contribution in [-0.2, 0) is 0 Å². The fourth-order valence-electron chi connectivity index (χ4n) is 0.931. The first-order valence-corrected chi connectivity index (χ1v) is 4.87.